The van der Waals surface area contributed by atoms with Gasteiger partial charge in [0.1, 0.15) is 30.1 Å². The Bertz CT molecular complexity index is 1280. The first kappa shape index (κ1) is 17.3. The van der Waals surface area contributed by atoms with Gasteiger partial charge in [-0.2, -0.15) is 0 Å². The highest BCUT2D eigenvalue weighted by molar-refractivity contribution is 6.12. The minimum absolute atomic E-state index is 0.524. The molecule has 2 aromatic heterocycles. The zero-order chi connectivity index (χ0) is 19.6. The van der Waals surface area contributed by atoms with Gasteiger partial charge in [-0.3, -0.25) is 0 Å². The quantitative estimate of drug-likeness (QED) is 0.445. The summed E-state index contributed by atoms with van der Waals surface area (Å²) in [4.78, 5) is 12.4. The molecule has 0 aliphatic carbocycles. The number of rotatable bonds is 5. The van der Waals surface area contributed by atoms with E-state index in [4.69, 9.17) is 9.47 Å². The van der Waals surface area contributed by atoms with Gasteiger partial charge in [-0.15, -0.1) is 0 Å². The molecule has 5 rings (SSSR count). The topological polar surface area (TPSA) is 60.0 Å². The standard InChI is InChI=1S/C24H19N3O2/c1-28-18-9-7-17(8-10-18)23-22-20-13-19(29-14-16-5-3-2-4-6-16)11-12-21(20)27-24(22)26-15-25-23/h2-13,15H,14H2,1H3,(H,25,26,27). The van der Waals surface area contributed by atoms with Crippen molar-refractivity contribution < 1.29 is 9.47 Å². The average molecular weight is 381 g/mol. The van der Waals surface area contributed by atoms with Crippen LogP contribution in [-0.4, -0.2) is 22.1 Å². The first-order valence-electron chi connectivity index (χ1n) is 9.39. The van der Waals surface area contributed by atoms with Gasteiger partial charge in [0.15, 0.2) is 0 Å². The summed E-state index contributed by atoms with van der Waals surface area (Å²) in [6.07, 6.45) is 1.59. The van der Waals surface area contributed by atoms with E-state index < -0.39 is 0 Å². The number of nitrogens with one attached hydrogen (secondary N) is 1. The molecule has 0 radical (unpaired) electrons. The van der Waals surface area contributed by atoms with E-state index in [1.54, 1.807) is 13.4 Å². The van der Waals surface area contributed by atoms with Crippen LogP contribution in [0.15, 0.2) is 79.1 Å². The van der Waals surface area contributed by atoms with E-state index in [2.05, 4.69) is 27.1 Å². The average Bonchev–Trinajstić information content (AvgIpc) is 3.16. The maximum atomic E-state index is 6.02. The summed E-state index contributed by atoms with van der Waals surface area (Å²) >= 11 is 0. The Morgan fingerprint density at radius 1 is 0.862 bits per heavy atom. The second-order valence-electron chi connectivity index (χ2n) is 6.78. The number of ether oxygens (including phenoxy) is 2. The molecule has 3 aromatic carbocycles. The van der Waals surface area contributed by atoms with E-state index in [9.17, 15) is 0 Å². The molecule has 0 spiro atoms. The summed E-state index contributed by atoms with van der Waals surface area (Å²) in [7, 11) is 1.66. The predicted molar refractivity (Wildman–Crippen MR) is 114 cm³/mol. The van der Waals surface area contributed by atoms with Crippen molar-refractivity contribution >= 4 is 21.9 Å². The number of hydrogen-bond acceptors (Lipinski definition) is 4. The molecule has 0 bridgehead atoms. The number of aromatic nitrogens is 3. The van der Waals surface area contributed by atoms with Crippen LogP contribution in [0.25, 0.3) is 33.2 Å². The van der Waals surface area contributed by atoms with Crippen LogP contribution in [0.5, 0.6) is 11.5 Å². The number of methoxy groups -OCH3 is 1. The second kappa shape index (κ2) is 7.28. The van der Waals surface area contributed by atoms with Crippen molar-refractivity contribution in [3.05, 3.63) is 84.7 Å². The molecule has 1 N–H and O–H groups in total. The maximum Gasteiger partial charge on any atom is 0.142 e. The fraction of sp³-hybridized carbons (Fsp3) is 0.0833. The molecule has 5 aromatic rings. The van der Waals surface area contributed by atoms with E-state index in [0.29, 0.717) is 6.61 Å². The molecule has 0 fully saturated rings. The fourth-order valence-corrected chi connectivity index (χ4v) is 3.50. The predicted octanol–water partition coefficient (Wildman–Crippen LogP) is 5.37. The van der Waals surface area contributed by atoms with Crippen LogP contribution in [0.1, 0.15) is 5.56 Å². The van der Waals surface area contributed by atoms with Crippen LogP contribution in [0, 0.1) is 0 Å². The first-order valence-corrected chi connectivity index (χ1v) is 9.39. The molecule has 0 atom stereocenters. The third-order valence-corrected chi connectivity index (χ3v) is 4.97. The van der Waals surface area contributed by atoms with Crippen LogP contribution >= 0.6 is 0 Å². The Balaban J connectivity index is 1.57. The van der Waals surface area contributed by atoms with E-state index >= 15 is 0 Å². The van der Waals surface area contributed by atoms with Crippen molar-refractivity contribution in [3.8, 4) is 22.8 Å². The number of benzene rings is 3. The molecular weight excluding hydrogens is 362 g/mol. The Morgan fingerprint density at radius 2 is 1.66 bits per heavy atom. The zero-order valence-electron chi connectivity index (χ0n) is 15.9. The summed E-state index contributed by atoms with van der Waals surface area (Å²) in [5, 5.41) is 2.02. The first-order chi connectivity index (χ1) is 14.3. The van der Waals surface area contributed by atoms with Crippen molar-refractivity contribution in [1.29, 1.82) is 0 Å². The van der Waals surface area contributed by atoms with Gasteiger partial charge < -0.3 is 14.5 Å². The van der Waals surface area contributed by atoms with Gasteiger partial charge in [-0.1, -0.05) is 30.3 Å². The summed E-state index contributed by atoms with van der Waals surface area (Å²) in [5.74, 6) is 1.63. The van der Waals surface area contributed by atoms with Crippen LogP contribution < -0.4 is 9.47 Å². The molecule has 2 heterocycles. The number of fused-ring (bicyclic) bond motifs is 3. The largest absolute Gasteiger partial charge is 0.497 e. The summed E-state index contributed by atoms with van der Waals surface area (Å²) in [6, 6.07) is 24.1. The Hall–Kier alpha value is -3.86. The number of aromatic amines is 1. The SMILES string of the molecule is COc1ccc(-c2ncnc3[nH]c4ccc(OCc5ccccc5)cc4c23)cc1. The zero-order valence-corrected chi connectivity index (χ0v) is 15.9. The minimum Gasteiger partial charge on any atom is -0.497 e. The molecule has 0 saturated heterocycles. The van der Waals surface area contributed by atoms with E-state index in [1.165, 1.54) is 0 Å². The van der Waals surface area contributed by atoms with Gasteiger partial charge in [0, 0.05) is 16.5 Å². The monoisotopic (exact) mass is 381 g/mol. The van der Waals surface area contributed by atoms with Crippen molar-refractivity contribution in [2.24, 2.45) is 0 Å². The van der Waals surface area contributed by atoms with Gasteiger partial charge >= 0.3 is 0 Å². The van der Waals surface area contributed by atoms with Crippen molar-refractivity contribution in [1.82, 2.24) is 15.0 Å². The van der Waals surface area contributed by atoms with E-state index in [0.717, 1.165) is 50.3 Å². The maximum absolute atomic E-state index is 6.02. The van der Waals surface area contributed by atoms with Crippen LogP contribution in [0.4, 0.5) is 0 Å². The molecule has 5 heteroatoms. The third-order valence-electron chi connectivity index (χ3n) is 4.97. The molecule has 0 aliphatic heterocycles. The molecule has 0 amide bonds. The highest BCUT2D eigenvalue weighted by Gasteiger charge is 2.14. The second-order valence-corrected chi connectivity index (χ2v) is 6.78. The fourth-order valence-electron chi connectivity index (χ4n) is 3.50. The third kappa shape index (κ3) is 3.27. The van der Waals surface area contributed by atoms with E-state index in [1.807, 2.05) is 60.7 Å². The summed E-state index contributed by atoms with van der Waals surface area (Å²) in [5.41, 5.74) is 4.83. The molecule has 29 heavy (non-hydrogen) atoms. The van der Waals surface area contributed by atoms with Gasteiger partial charge in [0.25, 0.3) is 0 Å². The molecule has 0 aliphatic rings. The Kier molecular flexibility index (Phi) is 4.33. The summed E-state index contributed by atoms with van der Waals surface area (Å²) < 4.78 is 11.3. The van der Waals surface area contributed by atoms with Gasteiger partial charge in [-0.05, 0) is 48.0 Å². The number of hydrogen-bond donors (Lipinski definition) is 1. The lowest BCUT2D eigenvalue weighted by molar-refractivity contribution is 0.306. The van der Waals surface area contributed by atoms with Gasteiger partial charge in [-0.25, -0.2) is 9.97 Å². The van der Waals surface area contributed by atoms with Gasteiger partial charge in [0.05, 0.1) is 18.2 Å². The lowest BCUT2D eigenvalue weighted by Crippen LogP contribution is -1.94. The minimum atomic E-state index is 0.524. The molecule has 0 saturated carbocycles. The highest BCUT2D eigenvalue weighted by Crippen LogP contribution is 2.34. The molecule has 142 valence electrons. The molecule has 5 nitrogen and oxygen atoms in total. The van der Waals surface area contributed by atoms with Crippen molar-refractivity contribution in [2.75, 3.05) is 7.11 Å². The number of nitrogens with zero attached hydrogens (tertiary/aromatic N) is 2. The lowest BCUT2D eigenvalue weighted by atomic mass is 10.1. The smallest absolute Gasteiger partial charge is 0.142 e. The number of H-pyrrole nitrogens is 1. The van der Waals surface area contributed by atoms with Crippen molar-refractivity contribution in [2.45, 2.75) is 6.61 Å². The van der Waals surface area contributed by atoms with Crippen LogP contribution in [-0.2, 0) is 6.61 Å². The summed E-state index contributed by atoms with van der Waals surface area (Å²) in [6.45, 7) is 0.524. The normalized spacial score (nSPS) is 11.1. The highest BCUT2D eigenvalue weighted by atomic mass is 16.5. The van der Waals surface area contributed by atoms with Crippen LogP contribution in [0.3, 0.4) is 0 Å². The Labute approximate surface area is 168 Å². The van der Waals surface area contributed by atoms with Crippen molar-refractivity contribution in [3.63, 3.8) is 0 Å². The molecule has 0 unspecified atom stereocenters. The van der Waals surface area contributed by atoms with Crippen LogP contribution in [0.2, 0.25) is 0 Å². The van der Waals surface area contributed by atoms with E-state index in [-0.39, 0.29) is 0 Å². The molecular formula is C24H19N3O2. The Morgan fingerprint density at radius 3 is 2.45 bits per heavy atom. The lowest BCUT2D eigenvalue weighted by Gasteiger charge is -2.07. The van der Waals surface area contributed by atoms with Gasteiger partial charge in [0.2, 0.25) is 0 Å².